The number of hydrogen-bond acceptors (Lipinski definition) is 3. The lowest BCUT2D eigenvalue weighted by Gasteiger charge is -2.29. The zero-order valence-corrected chi connectivity index (χ0v) is 20.0. The van der Waals surface area contributed by atoms with Crippen LogP contribution in [0.1, 0.15) is 31.4 Å². The van der Waals surface area contributed by atoms with E-state index in [0.717, 1.165) is 17.5 Å². The minimum Gasteiger partial charge on any atom is -0.354 e. The van der Waals surface area contributed by atoms with Gasteiger partial charge in [-0.3, -0.25) is 9.59 Å². The van der Waals surface area contributed by atoms with Gasteiger partial charge in [-0.1, -0.05) is 66.0 Å². The van der Waals surface area contributed by atoms with Crippen LogP contribution in [0.4, 0.5) is 0 Å². The molecule has 2 amide bonds. The van der Waals surface area contributed by atoms with Gasteiger partial charge in [0.25, 0.3) is 0 Å². The van der Waals surface area contributed by atoms with Crippen molar-refractivity contribution in [1.82, 2.24) is 10.2 Å². The molecule has 8 heteroatoms. The Kier molecular flexibility index (Phi) is 10.3. The molecular formula is C22H25Cl3N2O2S. The summed E-state index contributed by atoms with van der Waals surface area (Å²) < 4.78 is 0. The van der Waals surface area contributed by atoms with Crippen molar-refractivity contribution in [2.24, 2.45) is 0 Å². The van der Waals surface area contributed by atoms with Crippen molar-refractivity contribution >= 4 is 58.4 Å². The zero-order valence-electron chi connectivity index (χ0n) is 17.0. The monoisotopic (exact) mass is 486 g/mol. The molecular weight excluding hydrogens is 463 g/mol. The minimum absolute atomic E-state index is 0.126. The van der Waals surface area contributed by atoms with Crippen LogP contribution < -0.4 is 5.32 Å². The summed E-state index contributed by atoms with van der Waals surface area (Å²) in [7, 11) is 0. The van der Waals surface area contributed by atoms with Crippen molar-refractivity contribution < 1.29 is 9.59 Å². The van der Waals surface area contributed by atoms with Gasteiger partial charge in [-0.25, -0.2) is 0 Å². The largest absolute Gasteiger partial charge is 0.354 e. The summed E-state index contributed by atoms with van der Waals surface area (Å²) in [6, 6.07) is 12.2. The second-order valence-electron chi connectivity index (χ2n) is 6.82. The molecule has 1 atom stereocenters. The van der Waals surface area contributed by atoms with Crippen LogP contribution >= 0.6 is 46.6 Å². The van der Waals surface area contributed by atoms with Crippen LogP contribution in [0.25, 0.3) is 0 Å². The molecule has 2 rings (SSSR count). The second kappa shape index (κ2) is 12.5. The highest BCUT2D eigenvalue weighted by Gasteiger charge is 2.26. The Morgan fingerprint density at radius 1 is 1.07 bits per heavy atom. The van der Waals surface area contributed by atoms with E-state index in [1.165, 1.54) is 11.8 Å². The third-order valence-electron chi connectivity index (χ3n) is 4.49. The lowest BCUT2D eigenvalue weighted by molar-refractivity contribution is -0.138. The van der Waals surface area contributed by atoms with Crippen LogP contribution in [-0.4, -0.2) is 35.1 Å². The molecule has 0 fully saturated rings. The van der Waals surface area contributed by atoms with E-state index in [9.17, 15) is 9.59 Å². The summed E-state index contributed by atoms with van der Waals surface area (Å²) in [4.78, 5) is 27.1. The Balaban J connectivity index is 2.07. The third-order valence-corrected chi connectivity index (χ3v) is 6.59. The van der Waals surface area contributed by atoms with E-state index >= 15 is 0 Å². The van der Waals surface area contributed by atoms with Crippen LogP contribution in [0.2, 0.25) is 15.1 Å². The normalized spacial score (nSPS) is 11.8. The van der Waals surface area contributed by atoms with E-state index < -0.39 is 6.04 Å². The van der Waals surface area contributed by atoms with E-state index in [2.05, 4.69) is 5.32 Å². The number of thioether (sulfide) groups is 1. The SMILES string of the molecule is CCCNC(=O)[C@H](C)N(Cc1ccccc1Cl)C(=O)CSCc1ccc(Cl)c(Cl)c1. The predicted molar refractivity (Wildman–Crippen MR) is 127 cm³/mol. The number of nitrogens with zero attached hydrogens (tertiary/aromatic N) is 1. The summed E-state index contributed by atoms with van der Waals surface area (Å²) >= 11 is 19.8. The van der Waals surface area contributed by atoms with Crippen LogP contribution in [0.5, 0.6) is 0 Å². The topological polar surface area (TPSA) is 49.4 Å². The Morgan fingerprint density at radius 3 is 2.47 bits per heavy atom. The van der Waals surface area contributed by atoms with Crippen LogP contribution in [0, 0.1) is 0 Å². The fourth-order valence-corrected chi connectivity index (χ4v) is 4.13. The van der Waals surface area contributed by atoms with Gasteiger partial charge in [0, 0.05) is 23.9 Å². The smallest absolute Gasteiger partial charge is 0.242 e. The number of carbonyl (C=O) groups excluding carboxylic acids is 2. The lowest BCUT2D eigenvalue weighted by Crippen LogP contribution is -2.48. The first kappa shape index (κ1) is 24.9. The van der Waals surface area contributed by atoms with E-state index in [4.69, 9.17) is 34.8 Å². The Labute approximate surface area is 197 Å². The average Bonchev–Trinajstić information content (AvgIpc) is 2.73. The van der Waals surface area contributed by atoms with Gasteiger partial charge in [-0.05, 0) is 42.7 Å². The molecule has 0 saturated heterocycles. The first-order valence-electron chi connectivity index (χ1n) is 9.65. The number of rotatable bonds is 10. The van der Waals surface area contributed by atoms with E-state index in [0.29, 0.717) is 27.4 Å². The number of benzene rings is 2. The summed E-state index contributed by atoms with van der Waals surface area (Å²) in [5.41, 5.74) is 1.78. The third kappa shape index (κ3) is 7.38. The molecule has 2 aromatic carbocycles. The van der Waals surface area contributed by atoms with Crippen LogP contribution in [0.3, 0.4) is 0 Å². The Bertz CT molecular complexity index is 879. The molecule has 1 N–H and O–H groups in total. The molecule has 0 bridgehead atoms. The van der Waals surface area contributed by atoms with E-state index in [-0.39, 0.29) is 24.1 Å². The molecule has 0 heterocycles. The quantitative estimate of drug-likeness (QED) is 0.459. The molecule has 162 valence electrons. The fraction of sp³-hybridized carbons (Fsp3) is 0.364. The van der Waals surface area contributed by atoms with Crippen LogP contribution in [-0.2, 0) is 21.9 Å². The lowest BCUT2D eigenvalue weighted by atomic mass is 10.1. The Hall–Kier alpha value is -1.40. The first-order valence-corrected chi connectivity index (χ1v) is 11.9. The van der Waals surface area contributed by atoms with Gasteiger partial charge in [0.05, 0.1) is 15.8 Å². The van der Waals surface area contributed by atoms with Crippen molar-refractivity contribution in [3.05, 3.63) is 68.7 Å². The molecule has 0 aromatic heterocycles. The maximum absolute atomic E-state index is 13.0. The fourth-order valence-electron chi connectivity index (χ4n) is 2.76. The highest BCUT2D eigenvalue weighted by Crippen LogP contribution is 2.25. The molecule has 4 nitrogen and oxygen atoms in total. The number of hydrogen-bond donors (Lipinski definition) is 1. The number of amides is 2. The second-order valence-corrected chi connectivity index (χ2v) is 9.03. The molecule has 0 aliphatic carbocycles. The van der Waals surface area contributed by atoms with Gasteiger partial charge >= 0.3 is 0 Å². The summed E-state index contributed by atoms with van der Waals surface area (Å²) in [5.74, 6) is 0.542. The van der Waals surface area contributed by atoms with Gasteiger partial charge in [0.15, 0.2) is 0 Å². The molecule has 0 saturated carbocycles. The molecule has 0 radical (unpaired) electrons. The maximum Gasteiger partial charge on any atom is 0.242 e. The summed E-state index contributed by atoms with van der Waals surface area (Å²) in [6.07, 6.45) is 0.830. The highest BCUT2D eigenvalue weighted by molar-refractivity contribution is 7.99. The van der Waals surface area contributed by atoms with E-state index in [1.54, 1.807) is 30.0 Å². The van der Waals surface area contributed by atoms with Gasteiger partial charge in [0.1, 0.15) is 6.04 Å². The van der Waals surface area contributed by atoms with Crippen molar-refractivity contribution in [3.63, 3.8) is 0 Å². The summed E-state index contributed by atoms with van der Waals surface area (Å²) in [5, 5.41) is 4.42. The zero-order chi connectivity index (χ0) is 22.1. The standard InChI is InChI=1S/C22H25Cl3N2O2S/c1-3-10-26-22(29)15(2)27(12-17-6-4-5-7-18(17)23)21(28)14-30-13-16-8-9-19(24)20(25)11-16/h4-9,11,15H,3,10,12-14H2,1-2H3,(H,26,29)/t15-/m0/s1. The molecule has 0 aliphatic rings. The van der Waals surface area contributed by atoms with Crippen LogP contribution in [0.15, 0.2) is 42.5 Å². The number of nitrogens with one attached hydrogen (secondary N) is 1. The molecule has 2 aromatic rings. The minimum atomic E-state index is -0.606. The van der Waals surface area contributed by atoms with Crippen molar-refractivity contribution in [3.8, 4) is 0 Å². The van der Waals surface area contributed by atoms with Gasteiger partial charge in [-0.2, -0.15) is 0 Å². The summed E-state index contributed by atoms with van der Waals surface area (Å²) in [6.45, 7) is 4.57. The molecule has 30 heavy (non-hydrogen) atoms. The molecule has 0 spiro atoms. The average molecular weight is 488 g/mol. The van der Waals surface area contributed by atoms with Crippen molar-refractivity contribution in [2.75, 3.05) is 12.3 Å². The Morgan fingerprint density at radius 2 is 1.80 bits per heavy atom. The first-order chi connectivity index (χ1) is 14.3. The van der Waals surface area contributed by atoms with Crippen molar-refractivity contribution in [1.29, 1.82) is 0 Å². The van der Waals surface area contributed by atoms with Gasteiger partial charge in [0.2, 0.25) is 11.8 Å². The molecule has 0 aliphatic heterocycles. The van der Waals surface area contributed by atoms with E-state index in [1.807, 2.05) is 31.2 Å². The van der Waals surface area contributed by atoms with Crippen molar-refractivity contribution in [2.45, 2.75) is 38.6 Å². The number of carbonyl (C=O) groups is 2. The molecule has 0 unspecified atom stereocenters. The maximum atomic E-state index is 13.0. The highest BCUT2D eigenvalue weighted by atomic mass is 35.5. The predicted octanol–water partition coefficient (Wildman–Crippen LogP) is 5.82. The number of halogens is 3. The van der Waals surface area contributed by atoms with Gasteiger partial charge in [-0.15, -0.1) is 11.8 Å². The van der Waals surface area contributed by atoms with Gasteiger partial charge < -0.3 is 10.2 Å².